The van der Waals surface area contributed by atoms with Gasteiger partial charge in [0.2, 0.25) is 6.17 Å². The molecule has 102 valence electrons. The lowest BCUT2D eigenvalue weighted by atomic mass is 10.0. The van der Waals surface area contributed by atoms with Crippen molar-refractivity contribution in [1.82, 2.24) is 0 Å². The fourth-order valence-corrected chi connectivity index (χ4v) is 1.50. The quantitative estimate of drug-likeness (QED) is 0.855. The number of ether oxygens (including phenoxy) is 1. The first-order valence-electron chi connectivity index (χ1n) is 4.98. The van der Waals surface area contributed by atoms with E-state index in [1.54, 1.807) is 6.92 Å². The molecular weight excluding hydrogens is 331 g/mol. The summed E-state index contributed by atoms with van der Waals surface area (Å²) in [6.45, 7) is 1.64. The molecule has 0 aliphatic carbocycles. The molecule has 0 aromatic heterocycles. The minimum Gasteiger partial charge on any atom is -0.464 e. The highest BCUT2D eigenvalue weighted by atomic mass is 79.9. The van der Waals surface area contributed by atoms with Crippen LogP contribution in [0.3, 0.4) is 0 Å². The average molecular weight is 345 g/mol. The van der Waals surface area contributed by atoms with E-state index in [4.69, 9.17) is 5.73 Å². The molecule has 0 spiro atoms. The lowest BCUT2D eigenvalue weighted by Crippen LogP contribution is -2.31. The maximum Gasteiger partial charge on any atom is 0.342 e. The van der Waals surface area contributed by atoms with Crippen LogP contribution in [-0.2, 0) is 9.53 Å². The van der Waals surface area contributed by atoms with Crippen LogP contribution in [-0.4, -0.2) is 18.7 Å². The first-order chi connectivity index (χ1) is 7.97. The fourth-order valence-electron chi connectivity index (χ4n) is 1.26. The first kappa shape index (κ1) is 17.3. The molecule has 1 aromatic carbocycles. The second kappa shape index (κ2) is 7.66. The number of alkyl halides is 1. The summed E-state index contributed by atoms with van der Waals surface area (Å²) in [5.41, 5.74) is 5.73. The molecule has 0 fully saturated rings. The van der Waals surface area contributed by atoms with E-state index in [0.717, 1.165) is 6.07 Å². The van der Waals surface area contributed by atoms with Crippen molar-refractivity contribution in [1.29, 1.82) is 0 Å². The van der Waals surface area contributed by atoms with Crippen molar-refractivity contribution in [2.75, 3.05) is 6.61 Å². The van der Waals surface area contributed by atoms with Crippen molar-refractivity contribution in [2.45, 2.75) is 19.1 Å². The Labute approximate surface area is 118 Å². The smallest absolute Gasteiger partial charge is 0.342 e. The number of esters is 1. The molecule has 18 heavy (non-hydrogen) atoms. The molecule has 2 N–H and O–H groups in total. The van der Waals surface area contributed by atoms with Gasteiger partial charge in [0.05, 0.1) is 17.1 Å². The third-order valence-electron chi connectivity index (χ3n) is 2.16. The number of hydrogen-bond donors (Lipinski definition) is 1. The zero-order chi connectivity index (χ0) is 13.0. The zero-order valence-electron chi connectivity index (χ0n) is 9.53. The lowest BCUT2D eigenvalue weighted by molar-refractivity contribution is -0.149. The monoisotopic (exact) mass is 343 g/mol. The molecule has 7 heteroatoms. The van der Waals surface area contributed by atoms with Crippen LogP contribution in [0.15, 0.2) is 22.7 Å². The Kier molecular flexibility index (Phi) is 7.35. The third-order valence-corrected chi connectivity index (χ3v) is 2.80. The maximum absolute atomic E-state index is 13.6. The molecular formula is C11H13BrClF2NO2. The summed E-state index contributed by atoms with van der Waals surface area (Å²) >= 11 is 2.97. The SMILES string of the molecule is CCOC(=O)C(F)[C@H](N)c1ccc(Br)c(F)c1.Cl. The number of nitrogens with two attached hydrogens (primary N) is 1. The summed E-state index contributed by atoms with van der Waals surface area (Å²) < 4.78 is 31.5. The van der Waals surface area contributed by atoms with Gasteiger partial charge < -0.3 is 10.5 Å². The van der Waals surface area contributed by atoms with Crippen molar-refractivity contribution in [3.05, 3.63) is 34.1 Å². The van der Waals surface area contributed by atoms with Gasteiger partial charge in [-0.3, -0.25) is 0 Å². The van der Waals surface area contributed by atoms with Crippen molar-refractivity contribution >= 4 is 34.3 Å². The van der Waals surface area contributed by atoms with Gasteiger partial charge in [0.15, 0.2) is 0 Å². The molecule has 0 bridgehead atoms. The maximum atomic E-state index is 13.6. The molecule has 0 heterocycles. The summed E-state index contributed by atoms with van der Waals surface area (Å²) in [5.74, 6) is -1.60. The van der Waals surface area contributed by atoms with Crippen LogP contribution in [0.4, 0.5) is 8.78 Å². The van der Waals surface area contributed by atoms with E-state index in [-0.39, 0.29) is 29.1 Å². The number of carbonyl (C=O) groups excluding carboxylic acids is 1. The lowest BCUT2D eigenvalue weighted by Gasteiger charge is -2.16. The van der Waals surface area contributed by atoms with E-state index in [1.165, 1.54) is 12.1 Å². The summed E-state index contributed by atoms with van der Waals surface area (Å²) in [6, 6.07) is 2.70. The third kappa shape index (κ3) is 4.19. The van der Waals surface area contributed by atoms with Crippen LogP contribution in [0, 0.1) is 5.82 Å². The molecule has 0 amide bonds. The highest BCUT2D eigenvalue weighted by molar-refractivity contribution is 9.10. The van der Waals surface area contributed by atoms with E-state index < -0.39 is 24.0 Å². The summed E-state index contributed by atoms with van der Waals surface area (Å²) in [6.07, 6.45) is -2.00. The minimum atomic E-state index is -2.00. The molecule has 0 aliphatic rings. The molecule has 0 radical (unpaired) electrons. The number of carbonyl (C=O) groups is 1. The molecule has 1 aromatic rings. The minimum absolute atomic E-state index is 0. The standard InChI is InChI=1S/C11H12BrF2NO2.ClH/c1-2-17-11(16)9(14)10(15)6-3-4-7(12)8(13)5-6;/h3-5,9-10H,2,15H2,1H3;1H/t9?,10-;/m1./s1. The Morgan fingerprint density at radius 2 is 2.17 bits per heavy atom. The van der Waals surface area contributed by atoms with Crippen LogP contribution in [0.2, 0.25) is 0 Å². The van der Waals surface area contributed by atoms with Crippen LogP contribution in [0.25, 0.3) is 0 Å². The van der Waals surface area contributed by atoms with Crippen LogP contribution >= 0.6 is 28.3 Å². The normalized spacial score (nSPS) is 13.4. The van der Waals surface area contributed by atoms with Crippen molar-refractivity contribution in [3.63, 3.8) is 0 Å². The van der Waals surface area contributed by atoms with Gasteiger partial charge >= 0.3 is 5.97 Å². The molecule has 1 rings (SSSR count). The number of hydrogen-bond acceptors (Lipinski definition) is 3. The first-order valence-corrected chi connectivity index (χ1v) is 5.78. The molecule has 0 saturated heterocycles. The van der Waals surface area contributed by atoms with Crippen molar-refractivity contribution in [3.8, 4) is 0 Å². The molecule has 3 nitrogen and oxygen atoms in total. The van der Waals surface area contributed by atoms with Gasteiger partial charge in [0.25, 0.3) is 0 Å². The van der Waals surface area contributed by atoms with E-state index in [2.05, 4.69) is 20.7 Å². The van der Waals surface area contributed by atoms with Gasteiger partial charge in [0, 0.05) is 0 Å². The summed E-state index contributed by atoms with van der Waals surface area (Å²) in [4.78, 5) is 11.1. The Morgan fingerprint density at radius 1 is 1.56 bits per heavy atom. The number of halogens is 4. The summed E-state index contributed by atoms with van der Waals surface area (Å²) in [7, 11) is 0. The van der Waals surface area contributed by atoms with E-state index in [9.17, 15) is 13.6 Å². The average Bonchev–Trinajstić information content (AvgIpc) is 2.31. The number of rotatable bonds is 4. The second-order valence-electron chi connectivity index (χ2n) is 3.35. The van der Waals surface area contributed by atoms with E-state index in [1.807, 2.05) is 0 Å². The molecule has 2 atom stereocenters. The van der Waals surface area contributed by atoms with Crippen LogP contribution in [0.5, 0.6) is 0 Å². The largest absolute Gasteiger partial charge is 0.464 e. The number of benzene rings is 1. The van der Waals surface area contributed by atoms with Crippen molar-refractivity contribution in [2.24, 2.45) is 5.73 Å². The Balaban J connectivity index is 0.00000289. The molecule has 0 saturated carbocycles. The molecule has 1 unspecified atom stereocenters. The van der Waals surface area contributed by atoms with Crippen LogP contribution < -0.4 is 5.73 Å². The van der Waals surface area contributed by atoms with Gasteiger partial charge in [-0.05, 0) is 40.5 Å². The topological polar surface area (TPSA) is 52.3 Å². The summed E-state index contributed by atoms with van der Waals surface area (Å²) in [5, 5.41) is 0. The Hall–Kier alpha value is -0.720. The van der Waals surface area contributed by atoms with Gasteiger partial charge in [0.1, 0.15) is 5.82 Å². The van der Waals surface area contributed by atoms with Gasteiger partial charge in [-0.15, -0.1) is 12.4 Å². The van der Waals surface area contributed by atoms with Crippen molar-refractivity contribution < 1.29 is 18.3 Å². The van der Waals surface area contributed by atoms with Crippen LogP contribution in [0.1, 0.15) is 18.5 Å². The highest BCUT2D eigenvalue weighted by Gasteiger charge is 2.28. The molecule has 0 aliphatic heterocycles. The fraction of sp³-hybridized carbons (Fsp3) is 0.364. The predicted molar refractivity (Wildman–Crippen MR) is 69.8 cm³/mol. The van der Waals surface area contributed by atoms with Gasteiger partial charge in [-0.1, -0.05) is 6.07 Å². The second-order valence-corrected chi connectivity index (χ2v) is 4.21. The van der Waals surface area contributed by atoms with E-state index >= 15 is 0 Å². The van der Waals surface area contributed by atoms with Gasteiger partial charge in [-0.2, -0.15) is 0 Å². The van der Waals surface area contributed by atoms with Gasteiger partial charge in [-0.25, -0.2) is 13.6 Å². The highest BCUT2D eigenvalue weighted by Crippen LogP contribution is 2.23. The zero-order valence-corrected chi connectivity index (χ0v) is 11.9. The Morgan fingerprint density at radius 3 is 2.67 bits per heavy atom. The Bertz CT molecular complexity index is 420. The van der Waals surface area contributed by atoms with E-state index in [0.29, 0.717) is 0 Å². The predicted octanol–water partition coefficient (Wildman–Crippen LogP) is 2.91.